The molecule has 0 saturated carbocycles. The van der Waals surface area contributed by atoms with Gasteiger partial charge in [0.1, 0.15) is 0 Å². The van der Waals surface area contributed by atoms with Crippen LogP contribution >= 0.6 is 0 Å². The van der Waals surface area contributed by atoms with Crippen molar-refractivity contribution in [1.82, 2.24) is 14.8 Å². The fourth-order valence-electron chi connectivity index (χ4n) is 1.09. The molecular formula is C7H13N3O2. The fourth-order valence-corrected chi connectivity index (χ4v) is 1.09. The molecule has 1 aromatic heterocycles. The maximum Gasteiger partial charge on any atom is 0.215 e. The van der Waals surface area contributed by atoms with Crippen LogP contribution in [0.15, 0.2) is 6.20 Å². The molecule has 1 N–H and O–H groups in total. The second kappa shape index (κ2) is 3.55. The van der Waals surface area contributed by atoms with Gasteiger partial charge < -0.3 is 9.94 Å². The van der Waals surface area contributed by atoms with Gasteiger partial charge in [0.2, 0.25) is 5.88 Å². The first-order chi connectivity index (χ1) is 5.65. The molecule has 0 aliphatic carbocycles. The lowest BCUT2D eigenvalue weighted by molar-refractivity contribution is -0.0735. The lowest BCUT2D eigenvalue weighted by Crippen LogP contribution is -2.12. The maximum atomic E-state index is 8.98. The summed E-state index contributed by atoms with van der Waals surface area (Å²) in [4.78, 5) is 0. The molecule has 0 fully saturated rings. The molecule has 0 aliphatic rings. The van der Waals surface area contributed by atoms with Crippen molar-refractivity contribution in [3.05, 3.63) is 11.8 Å². The molecule has 0 aliphatic heterocycles. The number of ether oxygens (including phenoxy) is 1. The van der Waals surface area contributed by atoms with Crippen LogP contribution in [0.2, 0.25) is 0 Å². The predicted molar refractivity (Wildman–Crippen MR) is 43.0 cm³/mol. The molecule has 0 saturated heterocycles. The lowest BCUT2D eigenvalue weighted by Gasteiger charge is -2.07. The molecule has 0 spiro atoms. The molecule has 5 nitrogen and oxygen atoms in total. The van der Waals surface area contributed by atoms with Crippen LogP contribution in [0.5, 0.6) is 5.88 Å². The van der Waals surface area contributed by atoms with E-state index in [0.29, 0.717) is 12.4 Å². The summed E-state index contributed by atoms with van der Waals surface area (Å²) < 4.78 is 6.70. The third-order valence-electron chi connectivity index (χ3n) is 1.55. The van der Waals surface area contributed by atoms with E-state index >= 15 is 0 Å². The van der Waals surface area contributed by atoms with Crippen molar-refractivity contribution in [3.8, 4) is 5.88 Å². The molecule has 0 radical (unpaired) electrons. The van der Waals surface area contributed by atoms with Crippen molar-refractivity contribution >= 4 is 0 Å². The highest BCUT2D eigenvalue weighted by Gasteiger charge is 2.09. The zero-order valence-corrected chi connectivity index (χ0v) is 7.48. The number of aromatic nitrogens is 2. The minimum absolute atomic E-state index is 0.414. The highest BCUT2D eigenvalue weighted by molar-refractivity contribution is 5.23. The summed E-state index contributed by atoms with van der Waals surface area (Å²) in [6.07, 6.45) is 1.67. The number of methoxy groups -OCH3 is 1. The van der Waals surface area contributed by atoms with Gasteiger partial charge in [-0.2, -0.15) is 10.2 Å². The van der Waals surface area contributed by atoms with Crippen molar-refractivity contribution in [1.29, 1.82) is 0 Å². The quantitative estimate of drug-likeness (QED) is 0.662. The summed E-state index contributed by atoms with van der Waals surface area (Å²) in [5.74, 6) is 0.677. The van der Waals surface area contributed by atoms with Gasteiger partial charge in [-0.15, -0.1) is 0 Å². The minimum atomic E-state index is 0.414. The van der Waals surface area contributed by atoms with Crippen molar-refractivity contribution < 1.29 is 9.94 Å². The molecule has 12 heavy (non-hydrogen) atoms. The van der Waals surface area contributed by atoms with Gasteiger partial charge in [0.15, 0.2) is 0 Å². The Labute approximate surface area is 71.1 Å². The number of nitrogens with zero attached hydrogens (tertiary/aromatic N) is 3. The molecule has 0 unspecified atom stereocenters. The lowest BCUT2D eigenvalue weighted by atomic mass is 10.3. The van der Waals surface area contributed by atoms with Gasteiger partial charge in [-0.25, -0.2) is 4.68 Å². The first-order valence-electron chi connectivity index (χ1n) is 3.60. The van der Waals surface area contributed by atoms with E-state index in [1.54, 1.807) is 32.1 Å². The van der Waals surface area contributed by atoms with Crippen molar-refractivity contribution in [3.63, 3.8) is 0 Å². The first kappa shape index (κ1) is 9.02. The Hall–Kier alpha value is -1.07. The van der Waals surface area contributed by atoms with E-state index in [0.717, 1.165) is 10.6 Å². The average molecular weight is 171 g/mol. The average Bonchev–Trinajstić information content (AvgIpc) is 2.30. The zero-order valence-electron chi connectivity index (χ0n) is 7.48. The van der Waals surface area contributed by atoms with Gasteiger partial charge in [0.05, 0.1) is 25.4 Å². The van der Waals surface area contributed by atoms with Crippen LogP contribution in [0, 0.1) is 0 Å². The largest absolute Gasteiger partial charge is 0.481 e. The van der Waals surface area contributed by atoms with Crippen LogP contribution in [0.3, 0.4) is 0 Å². The third kappa shape index (κ3) is 1.75. The van der Waals surface area contributed by atoms with Crippen molar-refractivity contribution in [2.45, 2.75) is 6.54 Å². The highest BCUT2D eigenvalue weighted by Crippen LogP contribution is 2.16. The zero-order chi connectivity index (χ0) is 9.14. The summed E-state index contributed by atoms with van der Waals surface area (Å²) in [7, 11) is 4.95. The Bertz CT molecular complexity index is 257. The topological polar surface area (TPSA) is 50.5 Å². The van der Waals surface area contributed by atoms with Crippen LogP contribution in [-0.2, 0) is 13.6 Å². The third-order valence-corrected chi connectivity index (χ3v) is 1.55. The van der Waals surface area contributed by atoms with Gasteiger partial charge in [0, 0.05) is 14.1 Å². The van der Waals surface area contributed by atoms with Gasteiger partial charge in [0.25, 0.3) is 0 Å². The SMILES string of the molecule is COc1c(CN(C)O)cnn1C. The molecule has 0 aromatic carbocycles. The second-order valence-electron chi connectivity index (χ2n) is 2.62. The number of hydrogen-bond donors (Lipinski definition) is 1. The molecule has 0 atom stereocenters. The van der Waals surface area contributed by atoms with Gasteiger partial charge in [-0.1, -0.05) is 0 Å². The van der Waals surface area contributed by atoms with Crippen molar-refractivity contribution in [2.24, 2.45) is 7.05 Å². The molecule has 0 bridgehead atoms. The summed E-state index contributed by atoms with van der Waals surface area (Å²) >= 11 is 0. The fraction of sp³-hybridized carbons (Fsp3) is 0.571. The van der Waals surface area contributed by atoms with E-state index in [2.05, 4.69) is 5.10 Å². The van der Waals surface area contributed by atoms with E-state index < -0.39 is 0 Å². The normalized spacial score (nSPS) is 10.8. The predicted octanol–water partition coefficient (Wildman–Crippen LogP) is 0.250. The number of hydrogen-bond acceptors (Lipinski definition) is 4. The number of rotatable bonds is 3. The summed E-state index contributed by atoms with van der Waals surface area (Å²) in [5.41, 5.74) is 0.866. The highest BCUT2D eigenvalue weighted by atomic mass is 16.5. The molecule has 68 valence electrons. The summed E-state index contributed by atoms with van der Waals surface area (Å²) in [6.45, 7) is 0.414. The molecule has 1 aromatic rings. The first-order valence-corrected chi connectivity index (χ1v) is 3.60. The molecule has 1 heterocycles. The second-order valence-corrected chi connectivity index (χ2v) is 2.62. The van der Waals surface area contributed by atoms with Crippen LogP contribution < -0.4 is 4.74 Å². The Morgan fingerprint density at radius 2 is 2.42 bits per heavy atom. The molecule has 1 rings (SSSR count). The van der Waals surface area contributed by atoms with Gasteiger partial charge in [-0.3, -0.25) is 0 Å². The monoisotopic (exact) mass is 171 g/mol. The Balaban J connectivity index is 2.84. The molecule has 5 heteroatoms. The van der Waals surface area contributed by atoms with Crippen LogP contribution in [0.1, 0.15) is 5.56 Å². The van der Waals surface area contributed by atoms with Crippen molar-refractivity contribution in [2.75, 3.05) is 14.2 Å². The number of aryl methyl sites for hydroxylation is 1. The minimum Gasteiger partial charge on any atom is -0.481 e. The molecule has 0 amide bonds. The van der Waals surface area contributed by atoms with E-state index in [1.165, 1.54) is 0 Å². The number of hydroxylamine groups is 2. The maximum absolute atomic E-state index is 8.98. The van der Waals surface area contributed by atoms with Gasteiger partial charge >= 0.3 is 0 Å². The van der Waals surface area contributed by atoms with Crippen LogP contribution in [-0.4, -0.2) is 34.2 Å². The standard InChI is InChI=1S/C7H13N3O2/c1-9(11)5-6-4-8-10(2)7(6)12-3/h4,11H,5H2,1-3H3. The summed E-state index contributed by atoms with van der Waals surface area (Å²) in [5, 5.41) is 14.1. The van der Waals surface area contributed by atoms with E-state index in [-0.39, 0.29) is 0 Å². The molecular weight excluding hydrogens is 158 g/mol. The van der Waals surface area contributed by atoms with E-state index in [1.807, 2.05) is 0 Å². The summed E-state index contributed by atoms with van der Waals surface area (Å²) in [6, 6.07) is 0. The smallest absolute Gasteiger partial charge is 0.215 e. The Morgan fingerprint density at radius 3 is 2.92 bits per heavy atom. The van der Waals surface area contributed by atoms with E-state index in [4.69, 9.17) is 9.94 Å². The Kier molecular flexibility index (Phi) is 2.67. The van der Waals surface area contributed by atoms with Crippen LogP contribution in [0.25, 0.3) is 0 Å². The Morgan fingerprint density at radius 1 is 1.75 bits per heavy atom. The van der Waals surface area contributed by atoms with Crippen LogP contribution in [0.4, 0.5) is 0 Å². The van der Waals surface area contributed by atoms with Gasteiger partial charge in [-0.05, 0) is 0 Å². The van der Waals surface area contributed by atoms with E-state index in [9.17, 15) is 0 Å².